The molecule has 5 N–H and O–H groups in total. The first-order valence-electron chi connectivity index (χ1n) is 4.97. The number of carbonyl (C=O) groups excluding carboxylic acids is 1. The number of anilines is 1. The first-order valence-corrected chi connectivity index (χ1v) is 4.97. The summed E-state index contributed by atoms with van der Waals surface area (Å²) in [7, 11) is 0. The third-order valence-corrected chi connectivity index (χ3v) is 2.21. The van der Waals surface area contributed by atoms with Crippen LogP contribution in [0.15, 0.2) is 18.2 Å². The molecule has 0 aromatic heterocycles. The number of aromatic hydroxyl groups is 1. The molecule has 17 heavy (non-hydrogen) atoms. The molecule has 0 saturated carbocycles. The Bertz CT molecular complexity index is 445. The second kappa shape index (κ2) is 5.20. The summed E-state index contributed by atoms with van der Waals surface area (Å²) in [5.41, 5.74) is 6.29. The molecule has 1 amide bonds. The molecule has 0 radical (unpaired) electrons. The van der Waals surface area contributed by atoms with E-state index in [-0.39, 0.29) is 17.9 Å². The minimum Gasteiger partial charge on any atom is -0.506 e. The van der Waals surface area contributed by atoms with Gasteiger partial charge in [0.05, 0.1) is 5.69 Å². The van der Waals surface area contributed by atoms with Gasteiger partial charge >= 0.3 is 5.97 Å². The van der Waals surface area contributed by atoms with Crippen molar-refractivity contribution in [3.8, 4) is 5.75 Å². The van der Waals surface area contributed by atoms with Gasteiger partial charge in [0, 0.05) is 13.3 Å². The number of rotatable bonds is 4. The smallest absolute Gasteiger partial charge is 0.326 e. The number of carboxylic acid groups (broad SMARTS) is 1. The first kappa shape index (κ1) is 12.8. The molecule has 1 aromatic carbocycles. The number of aliphatic carboxylic acids is 1. The van der Waals surface area contributed by atoms with Gasteiger partial charge in [0.25, 0.3) is 0 Å². The van der Waals surface area contributed by atoms with Gasteiger partial charge in [0.2, 0.25) is 5.91 Å². The number of hydrogen-bond donors (Lipinski definition) is 4. The average molecular weight is 238 g/mol. The lowest BCUT2D eigenvalue weighted by Crippen LogP contribution is -2.41. The minimum absolute atomic E-state index is 0.0554. The highest BCUT2D eigenvalue weighted by Crippen LogP contribution is 2.21. The van der Waals surface area contributed by atoms with Crippen molar-refractivity contribution in [3.05, 3.63) is 23.8 Å². The highest BCUT2D eigenvalue weighted by molar-refractivity contribution is 5.82. The SMILES string of the molecule is CC(=O)N[C@@H](Cc1ccc(O)c(N)c1)C(=O)O. The molecule has 0 aliphatic heterocycles. The van der Waals surface area contributed by atoms with Gasteiger partial charge in [-0.3, -0.25) is 4.79 Å². The van der Waals surface area contributed by atoms with Gasteiger partial charge in [-0.05, 0) is 17.7 Å². The van der Waals surface area contributed by atoms with Crippen LogP contribution in [-0.2, 0) is 16.0 Å². The fourth-order valence-electron chi connectivity index (χ4n) is 1.41. The number of hydrogen-bond acceptors (Lipinski definition) is 4. The first-order chi connectivity index (χ1) is 7.90. The van der Waals surface area contributed by atoms with Crippen LogP contribution in [0, 0.1) is 0 Å². The van der Waals surface area contributed by atoms with Crippen LogP contribution in [0.1, 0.15) is 12.5 Å². The van der Waals surface area contributed by atoms with E-state index in [2.05, 4.69) is 5.32 Å². The van der Waals surface area contributed by atoms with Gasteiger partial charge < -0.3 is 21.3 Å². The highest BCUT2D eigenvalue weighted by Gasteiger charge is 2.18. The minimum atomic E-state index is -1.12. The molecule has 0 aliphatic carbocycles. The van der Waals surface area contributed by atoms with Crippen LogP contribution in [0.4, 0.5) is 5.69 Å². The van der Waals surface area contributed by atoms with E-state index in [0.29, 0.717) is 5.56 Å². The Labute approximate surface area is 98.1 Å². The molecule has 92 valence electrons. The van der Waals surface area contributed by atoms with Crippen molar-refractivity contribution in [2.75, 3.05) is 5.73 Å². The van der Waals surface area contributed by atoms with E-state index in [4.69, 9.17) is 10.8 Å². The Hall–Kier alpha value is -2.24. The third-order valence-electron chi connectivity index (χ3n) is 2.21. The average Bonchev–Trinajstić information content (AvgIpc) is 2.21. The van der Waals surface area contributed by atoms with E-state index in [1.54, 1.807) is 6.07 Å². The van der Waals surface area contributed by atoms with Crippen molar-refractivity contribution in [1.29, 1.82) is 0 Å². The number of amides is 1. The number of nitrogen functional groups attached to an aromatic ring is 1. The Morgan fingerprint density at radius 1 is 1.47 bits per heavy atom. The highest BCUT2D eigenvalue weighted by atomic mass is 16.4. The van der Waals surface area contributed by atoms with Crippen molar-refractivity contribution < 1.29 is 19.8 Å². The summed E-state index contributed by atoms with van der Waals surface area (Å²) in [5.74, 6) is -1.59. The quantitative estimate of drug-likeness (QED) is 0.439. The number of nitrogens with one attached hydrogen (secondary N) is 1. The molecule has 0 bridgehead atoms. The zero-order chi connectivity index (χ0) is 13.0. The molecule has 6 heteroatoms. The summed E-state index contributed by atoms with van der Waals surface area (Å²) in [6, 6.07) is 3.42. The summed E-state index contributed by atoms with van der Waals surface area (Å²) in [4.78, 5) is 21.7. The molecule has 1 rings (SSSR count). The Balaban J connectivity index is 2.82. The fraction of sp³-hybridized carbons (Fsp3) is 0.273. The second-order valence-electron chi connectivity index (χ2n) is 3.69. The molecule has 0 unspecified atom stereocenters. The van der Waals surface area contributed by atoms with E-state index >= 15 is 0 Å². The summed E-state index contributed by atoms with van der Waals surface area (Å²) in [5, 5.41) is 20.5. The van der Waals surface area contributed by atoms with Crippen molar-refractivity contribution in [2.45, 2.75) is 19.4 Å². The van der Waals surface area contributed by atoms with Crippen molar-refractivity contribution in [3.63, 3.8) is 0 Å². The van der Waals surface area contributed by atoms with E-state index in [0.717, 1.165) is 0 Å². The van der Waals surface area contributed by atoms with Crippen LogP contribution < -0.4 is 11.1 Å². The molecule has 6 nitrogen and oxygen atoms in total. The number of phenols is 1. The van der Waals surface area contributed by atoms with E-state index in [9.17, 15) is 14.7 Å². The lowest BCUT2D eigenvalue weighted by Gasteiger charge is -2.13. The van der Waals surface area contributed by atoms with Crippen molar-refractivity contribution in [2.24, 2.45) is 0 Å². The largest absolute Gasteiger partial charge is 0.506 e. The zero-order valence-electron chi connectivity index (χ0n) is 9.30. The third kappa shape index (κ3) is 3.67. The lowest BCUT2D eigenvalue weighted by atomic mass is 10.0. The van der Waals surface area contributed by atoms with Crippen molar-refractivity contribution >= 4 is 17.6 Å². The number of benzene rings is 1. The monoisotopic (exact) mass is 238 g/mol. The summed E-state index contributed by atoms with van der Waals surface area (Å²) < 4.78 is 0. The van der Waals surface area contributed by atoms with Crippen molar-refractivity contribution in [1.82, 2.24) is 5.32 Å². The molecule has 0 fully saturated rings. The predicted molar refractivity (Wildman–Crippen MR) is 61.5 cm³/mol. The van der Waals surface area contributed by atoms with Gasteiger partial charge in [0.15, 0.2) is 0 Å². The van der Waals surface area contributed by atoms with Crippen LogP contribution >= 0.6 is 0 Å². The van der Waals surface area contributed by atoms with Crippen LogP contribution in [0.2, 0.25) is 0 Å². The zero-order valence-corrected chi connectivity index (χ0v) is 9.30. The topological polar surface area (TPSA) is 113 Å². The maximum Gasteiger partial charge on any atom is 0.326 e. The fourth-order valence-corrected chi connectivity index (χ4v) is 1.41. The molecule has 0 heterocycles. The normalized spacial score (nSPS) is 11.8. The van der Waals surface area contributed by atoms with Gasteiger partial charge in [0.1, 0.15) is 11.8 Å². The number of carbonyl (C=O) groups is 2. The van der Waals surface area contributed by atoms with Gasteiger partial charge in [-0.15, -0.1) is 0 Å². The lowest BCUT2D eigenvalue weighted by molar-refractivity contribution is -0.141. The molecule has 0 aliphatic rings. The molecule has 0 saturated heterocycles. The summed E-state index contributed by atoms with van der Waals surface area (Å²) >= 11 is 0. The van der Waals surface area contributed by atoms with E-state index < -0.39 is 17.9 Å². The maximum absolute atomic E-state index is 10.9. The van der Waals surface area contributed by atoms with Crippen LogP contribution in [0.5, 0.6) is 5.75 Å². The molecule has 1 atom stereocenters. The van der Waals surface area contributed by atoms with Gasteiger partial charge in [-0.1, -0.05) is 6.07 Å². The number of carboxylic acids is 1. The molecule has 0 spiro atoms. The van der Waals surface area contributed by atoms with E-state index in [1.807, 2.05) is 0 Å². The second-order valence-corrected chi connectivity index (χ2v) is 3.69. The number of nitrogens with two attached hydrogens (primary N) is 1. The van der Waals surface area contributed by atoms with Crippen LogP contribution in [0.3, 0.4) is 0 Å². The Morgan fingerprint density at radius 2 is 2.12 bits per heavy atom. The number of phenolic OH excluding ortho intramolecular Hbond substituents is 1. The summed E-state index contributed by atoms with van der Waals surface area (Å²) in [6.45, 7) is 1.25. The van der Waals surface area contributed by atoms with Gasteiger partial charge in [-0.25, -0.2) is 4.79 Å². The summed E-state index contributed by atoms with van der Waals surface area (Å²) in [6.07, 6.45) is 0.111. The predicted octanol–water partition coefficient (Wildman–Crippen LogP) is 0.106. The van der Waals surface area contributed by atoms with Crippen LogP contribution in [-0.4, -0.2) is 28.1 Å². The Kier molecular flexibility index (Phi) is 3.92. The standard InChI is InChI=1S/C11H14N2O4/c1-6(14)13-9(11(16)17)5-7-2-3-10(15)8(12)4-7/h2-4,9,15H,5,12H2,1H3,(H,13,14)(H,16,17)/t9-/m0/s1. The Morgan fingerprint density at radius 3 is 2.59 bits per heavy atom. The maximum atomic E-state index is 10.9. The molecular formula is C11H14N2O4. The van der Waals surface area contributed by atoms with Gasteiger partial charge in [-0.2, -0.15) is 0 Å². The molecular weight excluding hydrogens is 224 g/mol. The van der Waals surface area contributed by atoms with E-state index in [1.165, 1.54) is 19.1 Å². The molecule has 1 aromatic rings. The van der Waals surface area contributed by atoms with Crippen LogP contribution in [0.25, 0.3) is 0 Å².